The van der Waals surface area contributed by atoms with Gasteiger partial charge in [0.1, 0.15) is 0 Å². The molecule has 0 saturated carbocycles. The van der Waals surface area contributed by atoms with Crippen LogP contribution >= 0.6 is 0 Å². The van der Waals surface area contributed by atoms with Gasteiger partial charge in [0.2, 0.25) is 10.0 Å². The van der Waals surface area contributed by atoms with Gasteiger partial charge >= 0.3 is 0 Å². The second kappa shape index (κ2) is 6.26. The van der Waals surface area contributed by atoms with Gasteiger partial charge in [0, 0.05) is 18.7 Å². The molecule has 110 valence electrons. The number of hydrogen-bond acceptors (Lipinski definition) is 3. The monoisotopic (exact) mass is 296 g/mol. The summed E-state index contributed by atoms with van der Waals surface area (Å²) in [6.07, 6.45) is 2.48. The lowest BCUT2D eigenvalue weighted by atomic mass is 10.2. The summed E-state index contributed by atoms with van der Waals surface area (Å²) >= 11 is 0. The first kappa shape index (κ1) is 14.8. The number of nitrogens with zero attached hydrogens (tertiary/aromatic N) is 1. The van der Waals surface area contributed by atoms with E-state index >= 15 is 0 Å². The minimum atomic E-state index is -3.19. The quantitative estimate of drug-likeness (QED) is 0.920. The second-order valence-electron chi connectivity index (χ2n) is 4.90. The average Bonchev–Trinajstić information content (AvgIpc) is 2.44. The zero-order valence-corrected chi connectivity index (χ0v) is 12.4. The van der Waals surface area contributed by atoms with Crippen LogP contribution in [0.15, 0.2) is 24.3 Å². The van der Waals surface area contributed by atoms with Crippen LogP contribution in [0.3, 0.4) is 0 Å². The lowest BCUT2D eigenvalue weighted by Gasteiger charge is -2.28. The molecule has 1 aromatic carbocycles. The molecular weight excluding hydrogens is 276 g/mol. The van der Waals surface area contributed by atoms with Crippen LogP contribution in [0, 0.1) is 0 Å². The average molecular weight is 296 g/mol. The predicted octanol–water partition coefficient (Wildman–Crippen LogP) is 1.76. The molecule has 2 rings (SSSR count). The molecule has 0 radical (unpaired) electrons. The third kappa shape index (κ3) is 3.30. The third-order valence-corrected chi connectivity index (χ3v) is 5.17. The van der Waals surface area contributed by atoms with Gasteiger partial charge in [-0.3, -0.25) is 9.10 Å². The molecule has 0 atom stereocenters. The Labute approximate surface area is 120 Å². The lowest BCUT2D eigenvalue weighted by molar-refractivity contribution is 0.0953. The standard InChI is InChI=1S/C14H20N2O3S/c1-2-9-15-14(17)12-5-7-13(8-6-12)16-10-3-4-11-20(16,18)19/h5-8H,2-4,9-11H2,1H3,(H,15,17). The summed E-state index contributed by atoms with van der Waals surface area (Å²) in [5, 5.41) is 2.79. The fourth-order valence-corrected chi connectivity index (χ4v) is 3.84. The third-order valence-electron chi connectivity index (χ3n) is 3.30. The van der Waals surface area contributed by atoms with Crippen LogP contribution in [0.1, 0.15) is 36.5 Å². The van der Waals surface area contributed by atoms with Crippen LogP contribution in [0.2, 0.25) is 0 Å². The first-order valence-corrected chi connectivity index (χ1v) is 8.54. The van der Waals surface area contributed by atoms with Gasteiger partial charge in [0.05, 0.1) is 11.4 Å². The molecule has 1 amide bonds. The van der Waals surface area contributed by atoms with Crippen LogP contribution < -0.4 is 9.62 Å². The van der Waals surface area contributed by atoms with Crippen molar-refractivity contribution in [2.75, 3.05) is 23.1 Å². The highest BCUT2D eigenvalue weighted by Crippen LogP contribution is 2.23. The lowest BCUT2D eigenvalue weighted by Crippen LogP contribution is -2.37. The Kier molecular flexibility index (Phi) is 4.65. The van der Waals surface area contributed by atoms with Gasteiger partial charge in [0.15, 0.2) is 0 Å². The summed E-state index contributed by atoms with van der Waals surface area (Å²) in [5.41, 5.74) is 1.19. The van der Waals surface area contributed by atoms with Crippen LogP contribution in [0.25, 0.3) is 0 Å². The molecule has 1 aliphatic rings. The maximum Gasteiger partial charge on any atom is 0.251 e. The zero-order valence-electron chi connectivity index (χ0n) is 11.6. The number of carbonyl (C=O) groups excluding carboxylic acids is 1. The van der Waals surface area contributed by atoms with Crippen molar-refractivity contribution in [2.45, 2.75) is 26.2 Å². The number of amides is 1. The number of rotatable bonds is 4. The molecule has 0 aromatic heterocycles. The number of hydrogen-bond donors (Lipinski definition) is 1. The minimum Gasteiger partial charge on any atom is -0.352 e. The summed E-state index contributed by atoms with van der Waals surface area (Å²) in [4.78, 5) is 11.8. The van der Waals surface area contributed by atoms with E-state index in [-0.39, 0.29) is 11.7 Å². The molecule has 0 spiro atoms. The van der Waals surface area contributed by atoms with E-state index in [4.69, 9.17) is 0 Å². The highest BCUT2D eigenvalue weighted by atomic mass is 32.2. The predicted molar refractivity (Wildman–Crippen MR) is 79.4 cm³/mol. The van der Waals surface area contributed by atoms with Gasteiger partial charge in [-0.2, -0.15) is 0 Å². The Bertz CT molecular complexity index is 567. The molecule has 0 unspecified atom stereocenters. The number of benzene rings is 1. The SMILES string of the molecule is CCCNC(=O)c1ccc(N2CCCCS2(=O)=O)cc1. The number of carbonyl (C=O) groups is 1. The molecule has 1 saturated heterocycles. The van der Waals surface area contributed by atoms with Crippen molar-refractivity contribution < 1.29 is 13.2 Å². The van der Waals surface area contributed by atoms with Crippen LogP contribution in [-0.4, -0.2) is 33.2 Å². The molecule has 0 bridgehead atoms. The Balaban J connectivity index is 2.13. The molecule has 5 nitrogen and oxygen atoms in total. The zero-order chi connectivity index (χ0) is 14.6. The smallest absolute Gasteiger partial charge is 0.251 e. The van der Waals surface area contributed by atoms with E-state index in [9.17, 15) is 13.2 Å². The van der Waals surface area contributed by atoms with E-state index in [1.54, 1.807) is 24.3 Å². The summed E-state index contributed by atoms with van der Waals surface area (Å²) in [6.45, 7) is 3.15. The largest absolute Gasteiger partial charge is 0.352 e. The normalized spacial score (nSPS) is 17.8. The summed E-state index contributed by atoms with van der Waals surface area (Å²) in [7, 11) is -3.19. The minimum absolute atomic E-state index is 0.125. The van der Waals surface area contributed by atoms with E-state index in [2.05, 4.69) is 5.32 Å². The van der Waals surface area contributed by atoms with Crippen molar-refractivity contribution in [1.29, 1.82) is 0 Å². The van der Waals surface area contributed by atoms with Crippen molar-refractivity contribution in [1.82, 2.24) is 5.32 Å². The molecule has 6 heteroatoms. The Morgan fingerprint density at radius 1 is 1.25 bits per heavy atom. The maximum atomic E-state index is 12.0. The summed E-state index contributed by atoms with van der Waals surface area (Å²) < 4.78 is 25.4. The van der Waals surface area contributed by atoms with E-state index in [1.165, 1.54) is 4.31 Å². The molecule has 1 aromatic rings. The Hall–Kier alpha value is -1.56. The van der Waals surface area contributed by atoms with Gasteiger partial charge in [-0.15, -0.1) is 0 Å². The maximum absolute atomic E-state index is 12.0. The molecule has 20 heavy (non-hydrogen) atoms. The van der Waals surface area contributed by atoms with Gasteiger partial charge in [-0.05, 0) is 43.5 Å². The second-order valence-corrected chi connectivity index (χ2v) is 6.91. The molecule has 1 N–H and O–H groups in total. The Morgan fingerprint density at radius 2 is 1.95 bits per heavy atom. The van der Waals surface area contributed by atoms with E-state index < -0.39 is 10.0 Å². The van der Waals surface area contributed by atoms with Crippen LogP contribution in [0.5, 0.6) is 0 Å². The van der Waals surface area contributed by atoms with Gasteiger partial charge in [-0.1, -0.05) is 6.92 Å². The molecule has 1 aliphatic heterocycles. The molecular formula is C14H20N2O3S. The van der Waals surface area contributed by atoms with Gasteiger partial charge in [-0.25, -0.2) is 8.42 Å². The van der Waals surface area contributed by atoms with Crippen molar-refractivity contribution in [3.63, 3.8) is 0 Å². The highest BCUT2D eigenvalue weighted by molar-refractivity contribution is 7.92. The van der Waals surface area contributed by atoms with Crippen LogP contribution in [0.4, 0.5) is 5.69 Å². The van der Waals surface area contributed by atoms with E-state index in [0.717, 1.165) is 19.3 Å². The van der Waals surface area contributed by atoms with E-state index in [0.29, 0.717) is 24.3 Å². The first-order valence-electron chi connectivity index (χ1n) is 6.93. The van der Waals surface area contributed by atoms with Crippen molar-refractivity contribution >= 4 is 21.6 Å². The number of nitrogens with one attached hydrogen (secondary N) is 1. The van der Waals surface area contributed by atoms with Gasteiger partial charge in [0.25, 0.3) is 5.91 Å². The van der Waals surface area contributed by atoms with Crippen molar-refractivity contribution in [3.8, 4) is 0 Å². The molecule has 1 fully saturated rings. The van der Waals surface area contributed by atoms with Gasteiger partial charge < -0.3 is 5.32 Å². The number of sulfonamides is 1. The van der Waals surface area contributed by atoms with Crippen molar-refractivity contribution in [2.24, 2.45) is 0 Å². The van der Waals surface area contributed by atoms with E-state index in [1.807, 2.05) is 6.92 Å². The fourth-order valence-electron chi connectivity index (χ4n) is 2.20. The molecule has 1 heterocycles. The Morgan fingerprint density at radius 3 is 2.55 bits per heavy atom. The first-order chi connectivity index (χ1) is 9.54. The summed E-state index contributed by atoms with van der Waals surface area (Å²) in [6, 6.07) is 6.74. The topological polar surface area (TPSA) is 66.5 Å². The summed E-state index contributed by atoms with van der Waals surface area (Å²) in [5.74, 6) is 0.0750. The fraction of sp³-hybridized carbons (Fsp3) is 0.500. The van der Waals surface area contributed by atoms with Crippen LogP contribution in [-0.2, 0) is 10.0 Å². The highest BCUT2D eigenvalue weighted by Gasteiger charge is 2.25. The molecule has 0 aliphatic carbocycles. The number of anilines is 1. The van der Waals surface area contributed by atoms with Crippen molar-refractivity contribution in [3.05, 3.63) is 29.8 Å².